The van der Waals surface area contributed by atoms with Crippen LogP contribution in [0, 0.1) is 11.8 Å². The van der Waals surface area contributed by atoms with E-state index in [-0.39, 0.29) is 6.04 Å². The second kappa shape index (κ2) is 15.9. The van der Waals surface area contributed by atoms with Crippen LogP contribution in [0.4, 0.5) is 11.4 Å². The zero-order chi connectivity index (χ0) is 39.6. The lowest BCUT2D eigenvalue weighted by Gasteiger charge is -2.38. The van der Waals surface area contributed by atoms with Gasteiger partial charge in [-0.05, 0) is 111 Å². The molecule has 2 atom stereocenters. The number of anilines is 2. The van der Waals surface area contributed by atoms with Gasteiger partial charge in [0.2, 0.25) is 0 Å². The van der Waals surface area contributed by atoms with Crippen LogP contribution in [-0.2, 0) is 0 Å². The molecular formula is C56H48N2. The summed E-state index contributed by atoms with van der Waals surface area (Å²) >= 11 is 0. The first-order valence-corrected chi connectivity index (χ1v) is 20.4. The monoisotopic (exact) mass is 748 g/mol. The first-order chi connectivity index (χ1) is 28.5. The Bertz CT molecular complexity index is 2790. The minimum Gasteiger partial charge on any atom is -0.334 e. The summed E-state index contributed by atoms with van der Waals surface area (Å²) in [6, 6.07) is 72.9. The lowest BCUT2D eigenvalue weighted by Crippen LogP contribution is -2.37. The van der Waals surface area contributed by atoms with Gasteiger partial charge in [-0.3, -0.25) is 0 Å². The molecule has 0 radical (unpaired) electrons. The summed E-state index contributed by atoms with van der Waals surface area (Å²) in [6.07, 6.45) is 2.12. The third-order valence-corrected chi connectivity index (χ3v) is 11.9. The summed E-state index contributed by atoms with van der Waals surface area (Å²) in [5, 5.41) is 2.47. The quantitative estimate of drug-likeness (QED) is 0.120. The van der Waals surface area contributed by atoms with Gasteiger partial charge in [0.15, 0.2) is 0 Å². The van der Waals surface area contributed by atoms with Crippen molar-refractivity contribution in [1.29, 1.82) is 0 Å². The summed E-state index contributed by atoms with van der Waals surface area (Å²) in [5.74, 6) is 0.876. The average Bonchev–Trinajstić information content (AvgIpc) is 3.62. The smallest absolute Gasteiger partial charge is 0.0547 e. The Kier molecular flexibility index (Phi) is 10.1. The zero-order valence-corrected chi connectivity index (χ0v) is 33.5. The molecule has 2 unspecified atom stereocenters. The number of aromatic nitrogens is 1. The Morgan fingerprint density at radius 1 is 0.448 bits per heavy atom. The van der Waals surface area contributed by atoms with Crippen LogP contribution >= 0.6 is 0 Å². The highest BCUT2D eigenvalue weighted by Gasteiger charge is 2.27. The SMILES string of the molecule is C=CC(C(C)C(C)C)N(c1ccccc1)c1ccccc1-c1cccc(-c2ccc3c(c2)c2ccccc2n3-c2cc(-c3ccccc3)cc(-c3ccccc3)c2)c1. The number of fused-ring (bicyclic) bond motifs is 3. The highest BCUT2D eigenvalue weighted by molar-refractivity contribution is 6.10. The van der Waals surface area contributed by atoms with Crippen molar-refractivity contribution in [1.82, 2.24) is 4.57 Å². The second-order valence-corrected chi connectivity index (χ2v) is 15.7. The zero-order valence-electron chi connectivity index (χ0n) is 33.5. The van der Waals surface area contributed by atoms with Crippen molar-refractivity contribution in [2.24, 2.45) is 11.8 Å². The topological polar surface area (TPSA) is 8.17 Å². The molecule has 0 saturated carbocycles. The molecule has 58 heavy (non-hydrogen) atoms. The largest absolute Gasteiger partial charge is 0.334 e. The fourth-order valence-corrected chi connectivity index (χ4v) is 8.57. The molecule has 8 aromatic carbocycles. The van der Waals surface area contributed by atoms with E-state index in [0.29, 0.717) is 11.8 Å². The van der Waals surface area contributed by atoms with Crippen molar-refractivity contribution in [3.8, 4) is 50.2 Å². The van der Waals surface area contributed by atoms with Crippen molar-refractivity contribution < 1.29 is 0 Å². The summed E-state index contributed by atoms with van der Waals surface area (Å²) in [7, 11) is 0. The summed E-state index contributed by atoms with van der Waals surface area (Å²) < 4.78 is 2.44. The standard InChI is InChI=1S/C56H48N2/c1-5-53(40(4)39(2)3)57(48-26-13-8-14-27-48)54-30-17-15-28-50(54)45-25-19-24-43(34-45)44-32-33-56-52(38-44)51-29-16-18-31-55(51)58(56)49-36-46(41-20-9-6-10-21-41)35-47(37-49)42-22-11-7-12-23-42/h5-40,53H,1H2,2-4H3. The van der Waals surface area contributed by atoms with Crippen LogP contribution in [0.5, 0.6) is 0 Å². The van der Waals surface area contributed by atoms with Crippen LogP contribution in [-0.4, -0.2) is 10.6 Å². The number of hydrogen-bond donors (Lipinski definition) is 0. The Labute approximate surface area is 343 Å². The van der Waals surface area contributed by atoms with Gasteiger partial charge in [0, 0.05) is 33.4 Å². The predicted molar refractivity (Wildman–Crippen MR) is 249 cm³/mol. The van der Waals surface area contributed by atoms with Crippen LogP contribution < -0.4 is 4.90 Å². The Morgan fingerprint density at radius 3 is 1.66 bits per heavy atom. The molecule has 0 saturated heterocycles. The normalized spacial score (nSPS) is 12.5. The molecule has 0 spiro atoms. The van der Waals surface area contributed by atoms with E-state index in [0.717, 1.165) is 11.4 Å². The third kappa shape index (κ3) is 6.92. The molecule has 0 aliphatic rings. The van der Waals surface area contributed by atoms with Crippen molar-refractivity contribution in [2.45, 2.75) is 26.8 Å². The van der Waals surface area contributed by atoms with E-state index in [1.54, 1.807) is 0 Å². The molecule has 0 N–H and O–H groups in total. The molecule has 2 heteroatoms. The van der Waals surface area contributed by atoms with Crippen molar-refractivity contribution in [3.63, 3.8) is 0 Å². The maximum atomic E-state index is 4.35. The molecular weight excluding hydrogens is 701 g/mol. The highest BCUT2D eigenvalue weighted by Crippen LogP contribution is 2.42. The Hall–Kier alpha value is -6.90. The lowest BCUT2D eigenvalue weighted by molar-refractivity contribution is 0.381. The summed E-state index contributed by atoms with van der Waals surface area (Å²) in [5.41, 5.74) is 15.4. The molecule has 0 amide bonds. The molecule has 9 aromatic rings. The third-order valence-electron chi connectivity index (χ3n) is 11.9. The maximum absolute atomic E-state index is 4.35. The van der Waals surface area contributed by atoms with Crippen LogP contribution in [0.2, 0.25) is 0 Å². The lowest BCUT2D eigenvalue weighted by atomic mass is 9.88. The predicted octanol–water partition coefficient (Wildman–Crippen LogP) is 15.4. The van der Waals surface area contributed by atoms with Gasteiger partial charge in [-0.2, -0.15) is 0 Å². The van der Waals surface area contributed by atoms with Gasteiger partial charge in [0.25, 0.3) is 0 Å². The van der Waals surface area contributed by atoms with Crippen molar-refractivity contribution in [2.75, 3.05) is 4.90 Å². The Morgan fingerprint density at radius 2 is 0.983 bits per heavy atom. The van der Waals surface area contributed by atoms with E-state index in [1.807, 2.05) is 0 Å². The Balaban J connectivity index is 1.17. The van der Waals surface area contributed by atoms with Crippen LogP contribution in [0.1, 0.15) is 20.8 Å². The molecule has 1 heterocycles. The van der Waals surface area contributed by atoms with Crippen LogP contribution in [0.25, 0.3) is 72.0 Å². The van der Waals surface area contributed by atoms with E-state index < -0.39 is 0 Å². The van der Waals surface area contributed by atoms with E-state index in [1.165, 1.54) is 72.0 Å². The number of hydrogen-bond acceptors (Lipinski definition) is 1. The van der Waals surface area contributed by atoms with Gasteiger partial charge < -0.3 is 9.47 Å². The first kappa shape index (κ1) is 36.7. The number of para-hydroxylation sites is 3. The van der Waals surface area contributed by atoms with Crippen LogP contribution in [0.3, 0.4) is 0 Å². The van der Waals surface area contributed by atoms with Gasteiger partial charge in [-0.15, -0.1) is 6.58 Å². The maximum Gasteiger partial charge on any atom is 0.0547 e. The number of benzene rings is 8. The van der Waals surface area contributed by atoms with Gasteiger partial charge in [0.1, 0.15) is 0 Å². The minimum atomic E-state index is 0.114. The van der Waals surface area contributed by atoms with Gasteiger partial charge in [0.05, 0.1) is 17.1 Å². The van der Waals surface area contributed by atoms with E-state index >= 15 is 0 Å². The van der Waals surface area contributed by atoms with Gasteiger partial charge >= 0.3 is 0 Å². The molecule has 0 fully saturated rings. The minimum absolute atomic E-state index is 0.114. The van der Waals surface area contributed by atoms with Gasteiger partial charge in [-0.1, -0.05) is 166 Å². The van der Waals surface area contributed by atoms with Crippen molar-refractivity contribution in [3.05, 3.63) is 213 Å². The molecule has 2 nitrogen and oxygen atoms in total. The second-order valence-electron chi connectivity index (χ2n) is 15.7. The van der Waals surface area contributed by atoms with Crippen LogP contribution in [0.15, 0.2) is 213 Å². The molecule has 9 rings (SSSR count). The average molecular weight is 749 g/mol. The highest BCUT2D eigenvalue weighted by atomic mass is 15.2. The molecule has 1 aromatic heterocycles. The molecule has 0 aliphatic heterocycles. The van der Waals surface area contributed by atoms with E-state index in [4.69, 9.17) is 0 Å². The molecule has 282 valence electrons. The first-order valence-electron chi connectivity index (χ1n) is 20.4. The summed E-state index contributed by atoms with van der Waals surface area (Å²) in [4.78, 5) is 2.48. The van der Waals surface area contributed by atoms with Gasteiger partial charge in [-0.25, -0.2) is 0 Å². The molecule has 0 bridgehead atoms. The number of nitrogens with zero attached hydrogens (tertiary/aromatic N) is 2. The summed E-state index contributed by atoms with van der Waals surface area (Å²) in [6.45, 7) is 11.3. The van der Waals surface area contributed by atoms with E-state index in [2.05, 4.69) is 243 Å². The fraction of sp³-hybridized carbons (Fsp3) is 0.107. The molecule has 0 aliphatic carbocycles. The fourth-order valence-electron chi connectivity index (χ4n) is 8.57. The van der Waals surface area contributed by atoms with Crippen molar-refractivity contribution >= 4 is 33.2 Å². The number of rotatable bonds is 11. The van der Waals surface area contributed by atoms with E-state index in [9.17, 15) is 0 Å².